The van der Waals surface area contributed by atoms with Crippen LogP contribution in [0.25, 0.3) is 0 Å². The second-order valence-electron chi connectivity index (χ2n) is 40.2. The first-order valence-electron chi connectivity index (χ1n) is 42.6. The zero-order chi connectivity index (χ0) is 77.5. The van der Waals surface area contributed by atoms with Crippen LogP contribution in [0.2, 0.25) is 0 Å². The van der Waals surface area contributed by atoms with Crippen LogP contribution in [0.15, 0.2) is 60.8 Å². The second-order valence-corrected chi connectivity index (χ2v) is 40.2. The first-order chi connectivity index (χ1) is 52.2. The van der Waals surface area contributed by atoms with Gasteiger partial charge in [0.1, 0.15) is 61.5 Å². The predicted molar refractivity (Wildman–Crippen MR) is 399 cm³/mol. The maximum absolute atomic E-state index is 12.7. The molecule has 0 aromatic heterocycles. The molecular formula is C90H120O20. The normalized spacial score (nSPS) is 45.6. The van der Waals surface area contributed by atoms with E-state index < -0.39 is 16.4 Å². The summed E-state index contributed by atoms with van der Waals surface area (Å²) in [4.78, 5) is 123. The van der Waals surface area contributed by atoms with Gasteiger partial charge >= 0.3 is 59.7 Å². The summed E-state index contributed by atoms with van der Waals surface area (Å²) in [7, 11) is 0. The van der Waals surface area contributed by atoms with E-state index in [9.17, 15) is 47.9 Å². The van der Waals surface area contributed by atoms with E-state index >= 15 is 0 Å². The predicted octanol–water partition coefficient (Wildman–Crippen LogP) is 14.0. The molecule has 15 fully saturated rings. The largest absolute Gasteiger partial charge is 0.465 e. The fourth-order valence-corrected chi connectivity index (χ4v) is 25.4. The Kier molecular flexibility index (Phi) is 20.4. The van der Waals surface area contributed by atoms with Crippen molar-refractivity contribution in [2.75, 3.05) is 26.4 Å². The molecule has 5 heterocycles. The van der Waals surface area contributed by atoms with Crippen molar-refractivity contribution >= 4 is 59.7 Å². The Labute approximate surface area is 648 Å². The molecule has 0 N–H and O–H groups in total. The molecule has 15 aliphatic carbocycles. The van der Waals surface area contributed by atoms with Crippen molar-refractivity contribution in [1.29, 1.82) is 0 Å². The van der Waals surface area contributed by atoms with E-state index in [2.05, 4.69) is 88.5 Å². The molecule has 0 aromatic carbocycles. The number of fused-ring (bicyclic) bond motifs is 20. The van der Waals surface area contributed by atoms with Gasteiger partial charge in [-0.05, 0) is 278 Å². The monoisotopic (exact) mass is 1520 g/mol. The molecule has 5 saturated heterocycles. The topological polar surface area (TPSA) is 263 Å². The van der Waals surface area contributed by atoms with Crippen LogP contribution in [-0.4, -0.2) is 121 Å². The summed E-state index contributed by atoms with van der Waals surface area (Å²) in [5, 5.41) is 0. The maximum atomic E-state index is 12.7. The van der Waals surface area contributed by atoms with Gasteiger partial charge in [-0.1, -0.05) is 88.5 Å². The van der Waals surface area contributed by atoms with E-state index in [1.807, 2.05) is 41.5 Å². The van der Waals surface area contributed by atoms with Gasteiger partial charge in [0.15, 0.2) is 0 Å². The molecule has 10 saturated carbocycles. The van der Waals surface area contributed by atoms with Gasteiger partial charge < -0.3 is 47.4 Å². The molecule has 30 atom stereocenters. The summed E-state index contributed by atoms with van der Waals surface area (Å²) >= 11 is 0. The Morgan fingerprint density at radius 3 is 1.13 bits per heavy atom. The molecule has 5 aliphatic heterocycles. The minimum atomic E-state index is -0.778. The third-order valence-electron chi connectivity index (χ3n) is 33.0. The van der Waals surface area contributed by atoms with E-state index in [1.165, 1.54) is 0 Å². The van der Waals surface area contributed by atoms with Crippen molar-refractivity contribution in [2.24, 2.45) is 158 Å². The Morgan fingerprint density at radius 1 is 0.382 bits per heavy atom. The maximum Gasteiger partial charge on any atom is 0.313 e. The molecule has 20 nitrogen and oxygen atoms in total. The molecule has 20 rings (SSSR count). The molecule has 20 aliphatic rings. The van der Waals surface area contributed by atoms with Crippen LogP contribution >= 0.6 is 0 Å². The lowest BCUT2D eigenvalue weighted by molar-refractivity contribution is -0.199. The van der Waals surface area contributed by atoms with Crippen LogP contribution in [0.3, 0.4) is 0 Å². The third-order valence-corrected chi connectivity index (χ3v) is 33.0. The fourth-order valence-electron chi connectivity index (χ4n) is 25.4. The van der Waals surface area contributed by atoms with E-state index in [-0.39, 0.29) is 186 Å². The Morgan fingerprint density at radius 2 is 0.745 bits per heavy atom. The highest BCUT2D eigenvalue weighted by molar-refractivity contribution is 5.82. The van der Waals surface area contributed by atoms with E-state index in [0.29, 0.717) is 76.9 Å². The van der Waals surface area contributed by atoms with Gasteiger partial charge in [0.25, 0.3) is 0 Å². The van der Waals surface area contributed by atoms with Crippen LogP contribution in [0.1, 0.15) is 217 Å². The van der Waals surface area contributed by atoms with E-state index in [1.54, 1.807) is 0 Å². The van der Waals surface area contributed by atoms with Gasteiger partial charge in [-0.2, -0.15) is 0 Å². The number of allylic oxidation sites excluding steroid dienone is 10. The third kappa shape index (κ3) is 14.0. The first kappa shape index (κ1) is 77.3. The number of carbonyl (C=O) groups is 10. The number of rotatable bonds is 15. The molecule has 0 spiro atoms. The van der Waals surface area contributed by atoms with Gasteiger partial charge in [-0.15, -0.1) is 0 Å². The van der Waals surface area contributed by atoms with Gasteiger partial charge in [-0.3, -0.25) is 47.9 Å². The molecule has 0 radical (unpaired) electrons. The Hall–Kier alpha value is -6.60. The smallest absolute Gasteiger partial charge is 0.313 e. The highest BCUT2D eigenvalue weighted by atomic mass is 16.6. The summed E-state index contributed by atoms with van der Waals surface area (Å²) in [6.45, 7) is 21.3. The van der Waals surface area contributed by atoms with Gasteiger partial charge in [0.2, 0.25) is 0 Å². The standard InChI is InChI=1S/C20H28O4.C19H26O4.C18H24O4.C17H22O4.C16H20O4/c1-18(2)15-7-8-20(18,4)24-16(21)14(15)11-23-17(22)19(3)10-12-5-6-13(19)9-12;1-18(2)15-6-7-19(18,3)23-17(21)14(15)10-22-16(20)13-9-11-4-5-12(13)8-11;1-18(2,15-12-5-6-13(9-12)21-17(15)20)22-16(19)14-8-10-3-4-11(14)7-10;1-17(8-10-2-4-12(17)6-10)16(19)20-9-14-11-3-5-13(7-11)21-15(14)18;17-15(13-6-9-1-2-10(13)5-9)19-8-14-11-3-4-12(7-11)20-16(14)18/h5-6,12-15H,7-11H2,1-4H3;4-5,11-15H,6-10H2,1-3H3;3-4,10-15H,5-9H2,1-2H3;2,4,10-14H,3,5-9H2,1H3;1-2,9-14H,3-8H2. The van der Waals surface area contributed by atoms with Crippen molar-refractivity contribution < 1.29 is 95.3 Å². The van der Waals surface area contributed by atoms with Crippen molar-refractivity contribution in [3.05, 3.63) is 60.8 Å². The first-order valence-corrected chi connectivity index (χ1v) is 42.6. The highest BCUT2D eigenvalue weighted by Gasteiger charge is 2.65. The van der Waals surface area contributed by atoms with Crippen molar-refractivity contribution in [3.8, 4) is 0 Å². The average molecular weight is 1520 g/mol. The molecule has 0 amide bonds. The number of carbonyl (C=O) groups excluding carboxylic acids is 10. The van der Waals surface area contributed by atoms with Crippen molar-refractivity contribution in [2.45, 2.75) is 252 Å². The second kappa shape index (κ2) is 29.0. The lowest BCUT2D eigenvalue weighted by Gasteiger charge is -2.47. The molecule has 110 heavy (non-hydrogen) atoms. The van der Waals surface area contributed by atoms with Crippen molar-refractivity contribution in [1.82, 2.24) is 0 Å². The Balaban J connectivity index is 0.000000105. The van der Waals surface area contributed by atoms with Gasteiger partial charge in [-0.25, -0.2) is 0 Å². The molecular weight excluding hydrogens is 1400 g/mol. The van der Waals surface area contributed by atoms with E-state index in [0.717, 1.165) is 148 Å². The quantitative estimate of drug-likeness (QED) is 0.0838. The highest BCUT2D eigenvalue weighted by Crippen LogP contribution is 2.62. The zero-order valence-electron chi connectivity index (χ0n) is 66.5. The van der Waals surface area contributed by atoms with Crippen LogP contribution in [0.5, 0.6) is 0 Å². The number of hydrogen-bond donors (Lipinski definition) is 0. The Bertz CT molecular complexity index is 3840. The fraction of sp³-hybridized carbons (Fsp3) is 0.778. The summed E-state index contributed by atoms with van der Waals surface area (Å²) in [5.41, 5.74) is -2.47. The summed E-state index contributed by atoms with van der Waals surface area (Å²) in [5.74, 6) is 2.84. The van der Waals surface area contributed by atoms with E-state index in [4.69, 9.17) is 47.4 Å². The molecule has 20 heteroatoms. The van der Waals surface area contributed by atoms with Crippen LogP contribution in [0, 0.1) is 158 Å². The number of hydrogen-bond acceptors (Lipinski definition) is 20. The lowest BCUT2D eigenvalue weighted by atomic mass is 9.67. The SMILES string of the molecule is CC(C)(OC(=O)C1CC2C=CC1C2)C1C(=O)OC2CCC1C2.CC1(C(=O)OCC2C(=O)OC3(C)CCC2C3(C)C)CC2C=CC1C2.CC1(C(=O)OCC2C(=O)OC3CCC2C3)CC2C=CC1C2.CC12CCC(C(COC(=O)C3CC4C=CC3C4)C(=O)O1)C2(C)C.O=C(OCC1C(=O)OC2CCC1C2)C1CC2C=CC1C2. The summed E-state index contributed by atoms with van der Waals surface area (Å²) in [6, 6.07) is 0. The van der Waals surface area contributed by atoms with Crippen LogP contribution in [0.4, 0.5) is 0 Å². The van der Waals surface area contributed by atoms with Gasteiger partial charge in [0, 0.05) is 10.8 Å². The van der Waals surface area contributed by atoms with Crippen LogP contribution < -0.4 is 0 Å². The molecule has 0 aromatic rings. The summed E-state index contributed by atoms with van der Waals surface area (Å²) < 4.78 is 56.0. The van der Waals surface area contributed by atoms with Crippen LogP contribution in [-0.2, 0) is 95.3 Å². The summed E-state index contributed by atoms with van der Waals surface area (Å²) in [6.07, 6.45) is 44.5. The number of ether oxygens (including phenoxy) is 10. The minimum Gasteiger partial charge on any atom is -0.465 e. The van der Waals surface area contributed by atoms with Gasteiger partial charge in [0.05, 0.1) is 58.2 Å². The molecule has 30 unspecified atom stereocenters. The van der Waals surface area contributed by atoms with Crippen molar-refractivity contribution in [3.63, 3.8) is 0 Å². The molecule has 600 valence electrons. The lowest BCUT2D eigenvalue weighted by Crippen LogP contribution is -2.54. The zero-order valence-corrected chi connectivity index (χ0v) is 66.5. The average Bonchev–Trinajstić information content (AvgIpc) is 1.59. The molecule has 20 bridgehead atoms. The minimum absolute atomic E-state index is 0.00790. The number of esters is 10.